The van der Waals surface area contributed by atoms with Gasteiger partial charge in [-0.2, -0.15) is 0 Å². The number of nitrogens with zero attached hydrogens (tertiary/aromatic N) is 3. The second-order valence-corrected chi connectivity index (χ2v) is 8.31. The predicted molar refractivity (Wildman–Crippen MR) is 106 cm³/mol. The van der Waals surface area contributed by atoms with E-state index in [0.29, 0.717) is 29.2 Å². The second kappa shape index (κ2) is 6.44. The summed E-state index contributed by atoms with van der Waals surface area (Å²) in [6.45, 7) is 3.61. The lowest BCUT2D eigenvalue weighted by molar-refractivity contribution is -0.111. The van der Waals surface area contributed by atoms with Crippen molar-refractivity contribution in [2.75, 3.05) is 23.8 Å². The van der Waals surface area contributed by atoms with Gasteiger partial charge in [0.1, 0.15) is 29.2 Å². The first-order valence-corrected chi connectivity index (χ1v) is 9.92. The van der Waals surface area contributed by atoms with Crippen molar-refractivity contribution in [1.82, 2.24) is 9.97 Å². The van der Waals surface area contributed by atoms with Crippen molar-refractivity contribution in [3.05, 3.63) is 41.9 Å². The van der Waals surface area contributed by atoms with Crippen LogP contribution in [0.2, 0.25) is 0 Å². The SMILES string of the molecule is CC1(Oc2ccc(N)c(C(=[NH2+])c3cc(N4C5CCC4COC5)ncn3)c2)CC1. The predicted octanol–water partition coefficient (Wildman–Crippen LogP) is 0.954. The van der Waals surface area contributed by atoms with Gasteiger partial charge in [0.25, 0.3) is 0 Å². The highest BCUT2D eigenvalue weighted by molar-refractivity contribution is 6.11. The van der Waals surface area contributed by atoms with Crippen molar-refractivity contribution < 1.29 is 14.9 Å². The van der Waals surface area contributed by atoms with Gasteiger partial charge in [0.15, 0.2) is 0 Å². The number of nitrogen functional groups attached to an aromatic ring is 1. The largest absolute Gasteiger partial charge is 0.488 e. The molecule has 0 amide bonds. The number of ether oxygens (including phenoxy) is 2. The van der Waals surface area contributed by atoms with Gasteiger partial charge in [-0.15, -0.1) is 0 Å². The molecule has 2 saturated heterocycles. The van der Waals surface area contributed by atoms with E-state index < -0.39 is 0 Å². The zero-order chi connectivity index (χ0) is 19.3. The fraction of sp³-hybridized carbons (Fsp3) is 0.476. The molecule has 2 unspecified atom stereocenters. The summed E-state index contributed by atoms with van der Waals surface area (Å²) in [5, 5.41) is 6.50. The minimum atomic E-state index is -0.0557. The van der Waals surface area contributed by atoms with E-state index >= 15 is 0 Å². The molecular weight excluding hydrogens is 354 g/mol. The van der Waals surface area contributed by atoms with E-state index in [-0.39, 0.29) is 5.60 Å². The van der Waals surface area contributed by atoms with Gasteiger partial charge in [-0.1, -0.05) is 0 Å². The molecule has 1 aliphatic carbocycles. The molecule has 7 heteroatoms. The van der Waals surface area contributed by atoms with Gasteiger partial charge in [-0.05, 0) is 50.8 Å². The molecule has 7 nitrogen and oxygen atoms in total. The number of rotatable bonds is 5. The standard InChI is InChI=1S/C21H25N5O2/c1-21(6-7-21)28-15-4-5-17(22)16(8-15)20(23)18-9-19(25-12-24-18)26-13-2-3-14(26)11-27-10-13/h4-5,8-9,12-14,23H,2-3,6-7,10-11,22H2,1H3/p+1. The molecule has 0 spiro atoms. The minimum absolute atomic E-state index is 0.0557. The molecule has 3 heterocycles. The topological polar surface area (TPSA) is 99.1 Å². The van der Waals surface area contributed by atoms with Gasteiger partial charge >= 0.3 is 0 Å². The Hall–Kier alpha value is -2.67. The third kappa shape index (κ3) is 3.09. The van der Waals surface area contributed by atoms with Gasteiger partial charge in [0, 0.05) is 11.8 Å². The van der Waals surface area contributed by atoms with Gasteiger partial charge in [-0.25, -0.2) is 9.97 Å². The van der Waals surface area contributed by atoms with E-state index in [0.717, 1.165) is 56.0 Å². The van der Waals surface area contributed by atoms with Crippen LogP contribution in [-0.4, -0.2) is 46.6 Å². The fourth-order valence-corrected chi connectivity index (χ4v) is 4.17. The Labute approximate surface area is 164 Å². The third-order valence-electron chi connectivity index (χ3n) is 6.07. The van der Waals surface area contributed by atoms with Crippen LogP contribution in [0.5, 0.6) is 5.75 Å². The van der Waals surface area contributed by atoms with Crippen LogP contribution in [0, 0.1) is 0 Å². The number of aromatic nitrogens is 2. The smallest absolute Gasteiger partial charge is 0.232 e. The Bertz CT molecular complexity index is 911. The average molecular weight is 380 g/mol. The lowest BCUT2D eigenvalue weighted by Crippen LogP contribution is -2.47. The van der Waals surface area contributed by atoms with Crippen molar-refractivity contribution in [2.24, 2.45) is 0 Å². The van der Waals surface area contributed by atoms with Crippen LogP contribution in [0.4, 0.5) is 11.5 Å². The third-order valence-corrected chi connectivity index (χ3v) is 6.07. The summed E-state index contributed by atoms with van der Waals surface area (Å²) in [6, 6.07) is 8.36. The molecule has 146 valence electrons. The zero-order valence-corrected chi connectivity index (χ0v) is 16.1. The molecule has 2 aliphatic heterocycles. The summed E-state index contributed by atoms with van der Waals surface area (Å²) in [6.07, 6.45) is 5.99. The number of hydrogen-bond acceptors (Lipinski definition) is 6. The molecule has 3 aliphatic rings. The average Bonchev–Trinajstić information content (AvgIpc) is 3.37. The Morgan fingerprint density at radius 2 is 1.96 bits per heavy atom. The summed E-state index contributed by atoms with van der Waals surface area (Å²) >= 11 is 0. The van der Waals surface area contributed by atoms with Gasteiger partial charge in [0.2, 0.25) is 5.71 Å². The molecule has 3 fully saturated rings. The van der Waals surface area contributed by atoms with Crippen molar-refractivity contribution in [1.29, 1.82) is 0 Å². The normalized spacial score (nSPS) is 24.8. The van der Waals surface area contributed by atoms with Crippen molar-refractivity contribution >= 4 is 17.2 Å². The van der Waals surface area contributed by atoms with Crippen LogP contribution in [0.1, 0.15) is 43.9 Å². The Morgan fingerprint density at radius 3 is 2.68 bits per heavy atom. The Kier molecular flexibility index (Phi) is 4.01. The van der Waals surface area contributed by atoms with Gasteiger partial charge in [0.05, 0.1) is 30.9 Å². The number of fused-ring (bicyclic) bond motifs is 2. The van der Waals surface area contributed by atoms with Crippen LogP contribution in [-0.2, 0) is 4.74 Å². The monoisotopic (exact) mass is 380 g/mol. The van der Waals surface area contributed by atoms with E-state index in [2.05, 4.69) is 21.8 Å². The molecule has 1 saturated carbocycles. The first-order chi connectivity index (χ1) is 13.5. The summed E-state index contributed by atoms with van der Waals surface area (Å²) in [7, 11) is 0. The zero-order valence-electron chi connectivity index (χ0n) is 16.1. The summed E-state index contributed by atoms with van der Waals surface area (Å²) in [5.74, 6) is 1.69. The van der Waals surface area contributed by atoms with Gasteiger partial charge < -0.3 is 20.1 Å². The van der Waals surface area contributed by atoms with Crippen LogP contribution in [0.15, 0.2) is 30.6 Å². The highest BCUT2D eigenvalue weighted by atomic mass is 16.5. The van der Waals surface area contributed by atoms with E-state index in [9.17, 15) is 0 Å². The molecule has 2 atom stereocenters. The lowest BCUT2D eigenvalue weighted by atomic mass is 10.0. The number of benzene rings is 1. The highest BCUT2D eigenvalue weighted by Gasteiger charge is 2.40. The number of morpholine rings is 1. The Balaban J connectivity index is 1.43. The van der Waals surface area contributed by atoms with Crippen molar-refractivity contribution in [2.45, 2.75) is 50.3 Å². The quantitative estimate of drug-likeness (QED) is 0.592. The van der Waals surface area contributed by atoms with Crippen LogP contribution >= 0.6 is 0 Å². The van der Waals surface area contributed by atoms with Crippen LogP contribution < -0.4 is 20.8 Å². The van der Waals surface area contributed by atoms with E-state index in [1.807, 2.05) is 24.3 Å². The van der Waals surface area contributed by atoms with Crippen LogP contribution in [0.25, 0.3) is 0 Å². The molecule has 2 aromatic rings. The maximum Gasteiger partial charge on any atom is 0.232 e. The van der Waals surface area contributed by atoms with Gasteiger partial charge in [-0.3, -0.25) is 5.41 Å². The molecule has 1 aromatic heterocycles. The molecule has 1 aromatic carbocycles. The molecular formula is C21H26N5O2+. The van der Waals surface area contributed by atoms with E-state index in [4.69, 9.17) is 20.6 Å². The fourth-order valence-electron chi connectivity index (χ4n) is 4.17. The van der Waals surface area contributed by atoms with E-state index in [1.165, 1.54) is 0 Å². The second-order valence-electron chi connectivity index (χ2n) is 8.31. The molecule has 2 bridgehead atoms. The lowest BCUT2D eigenvalue weighted by Gasteiger charge is -2.35. The van der Waals surface area contributed by atoms with Crippen LogP contribution in [0.3, 0.4) is 0 Å². The highest BCUT2D eigenvalue weighted by Crippen LogP contribution is 2.40. The number of nitrogens with two attached hydrogens (primary N) is 2. The molecule has 5 rings (SSSR count). The van der Waals surface area contributed by atoms with Crippen molar-refractivity contribution in [3.8, 4) is 5.75 Å². The Morgan fingerprint density at radius 1 is 1.21 bits per heavy atom. The summed E-state index contributed by atoms with van der Waals surface area (Å²) < 4.78 is 11.8. The first kappa shape index (κ1) is 17.4. The van der Waals surface area contributed by atoms with E-state index in [1.54, 1.807) is 6.33 Å². The number of anilines is 2. The molecule has 4 N–H and O–H groups in total. The number of hydrogen-bond donors (Lipinski definition) is 2. The summed E-state index contributed by atoms with van der Waals surface area (Å²) in [4.78, 5) is 11.3. The maximum absolute atomic E-state index is 6.50. The summed E-state index contributed by atoms with van der Waals surface area (Å²) in [5.41, 5.74) is 8.73. The van der Waals surface area contributed by atoms with Crippen molar-refractivity contribution in [3.63, 3.8) is 0 Å². The molecule has 0 radical (unpaired) electrons. The molecule has 28 heavy (non-hydrogen) atoms. The minimum Gasteiger partial charge on any atom is -0.488 e. The first-order valence-electron chi connectivity index (χ1n) is 9.92. The maximum atomic E-state index is 6.50.